The van der Waals surface area contributed by atoms with E-state index in [2.05, 4.69) is 0 Å². The van der Waals surface area contributed by atoms with Crippen LogP contribution < -0.4 is 4.90 Å². The first-order valence-corrected chi connectivity index (χ1v) is 5.29. The summed E-state index contributed by atoms with van der Waals surface area (Å²) < 4.78 is 0. The number of aliphatic hydroxyl groups is 1. The van der Waals surface area contributed by atoms with E-state index in [0.717, 1.165) is 0 Å². The van der Waals surface area contributed by atoms with Crippen LogP contribution in [0.2, 0.25) is 10.0 Å². The normalized spacial score (nSPS) is 21.1. The fourth-order valence-electron chi connectivity index (χ4n) is 1.57. The molecule has 0 aromatic heterocycles. The van der Waals surface area contributed by atoms with Crippen molar-refractivity contribution >= 4 is 34.8 Å². The lowest BCUT2D eigenvalue weighted by molar-refractivity contribution is -0.123. The molecule has 1 amide bonds. The van der Waals surface area contributed by atoms with Gasteiger partial charge in [-0.2, -0.15) is 0 Å². The first-order chi connectivity index (χ1) is 7.09. The number of hydrogen-bond donors (Lipinski definition) is 1. The van der Waals surface area contributed by atoms with E-state index in [4.69, 9.17) is 23.2 Å². The van der Waals surface area contributed by atoms with Gasteiger partial charge in [0.1, 0.15) is 6.10 Å². The Hall–Kier alpha value is -0.770. The quantitative estimate of drug-likeness (QED) is 0.824. The van der Waals surface area contributed by atoms with Crippen LogP contribution in [0.1, 0.15) is 6.42 Å². The first kappa shape index (κ1) is 10.7. The van der Waals surface area contributed by atoms with Gasteiger partial charge < -0.3 is 10.0 Å². The summed E-state index contributed by atoms with van der Waals surface area (Å²) >= 11 is 11.6. The summed E-state index contributed by atoms with van der Waals surface area (Å²) in [6.07, 6.45) is -0.432. The minimum Gasteiger partial charge on any atom is -0.383 e. The number of anilines is 1. The van der Waals surface area contributed by atoms with Gasteiger partial charge in [0.15, 0.2) is 0 Å². The van der Waals surface area contributed by atoms with Crippen molar-refractivity contribution in [3.05, 3.63) is 28.2 Å². The minimum atomic E-state index is -0.889. The highest BCUT2D eigenvalue weighted by molar-refractivity contribution is 6.42. The van der Waals surface area contributed by atoms with E-state index in [1.807, 2.05) is 0 Å². The van der Waals surface area contributed by atoms with E-state index in [1.165, 1.54) is 4.90 Å². The van der Waals surface area contributed by atoms with Crippen LogP contribution in [0.5, 0.6) is 0 Å². The second-order valence-corrected chi connectivity index (χ2v) is 4.21. The van der Waals surface area contributed by atoms with Crippen LogP contribution in [0, 0.1) is 0 Å². The van der Waals surface area contributed by atoms with E-state index in [9.17, 15) is 9.90 Å². The molecule has 2 rings (SSSR count). The van der Waals surface area contributed by atoms with Gasteiger partial charge in [-0.15, -0.1) is 0 Å². The highest BCUT2D eigenvalue weighted by Gasteiger charge is 2.30. The molecule has 15 heavy (non-hydrogen) atoms. The van der Waals surface area contributed by atoms with Gasteiger partial charge in [0.25, 0.3) is 5.91 Å². The Kier molecular flexibility index (Phi) is 2.87. The third-order valence-electron chi connectivity index (χ3n) is 2.39. The second-order valence-electron chi connectivity index (χ2n) is 3.39. The zero-order valence-electron chi connectivity index (χ0n) is 7.78. The van der Waals surface area contributed by atoms with Crippen molar-refractivity contribution in [1.29, 1.82) is 0 Å². The molecular formula is C10H9Cl2NO2. The molecule has 1 aliphatic heterocycles. The zero-order chi connectivity index (χ0) is 11.0. The maximum Gasteiger partial charge on any atom is 0.255 e. The summed E-state index contributed by atoms with van der Waals surface area (Å²) in [6, 6.07) is 4.97. The fraction of sp³-hybridized carbons (Fsp3) is 0.300. The van der Waals surface area contributed by atoms with E-state index >= 15 is 0 Å². The summed E-state index contributed by atoms with van der Waals surface area (Å²) in [4.78, 5) is 13.0. The Balaban J connectivity index is 2.31. The van der Waals surface area contributed by atoms with Crippen molar-refractivity contribution in [3.63, 3.8) is 0 Å². The number of rotatable bonds is 1. The molecule has 1 heterocycles. The SMILES string of the molecule is O=C1C(O)CCN1c1ccc(Cl)c(Cl)c1. The van der Waals surface area contributed by atoms with E-state index in [-0.39, 0.29) is 5.91 Å². The van der Waals surface area contributed by atoms with Crippen LogP contribution in [0.4, 0.5) is 5.69 Å². The molecule has 0 radical (unpaired) electrons. The third kappa shape index (κ3) is 1.95. The van der Waals surface area contributed by atoms with Crippen LogP contribution >= 0.6 is 23.2 Å². The maximum atomic E-state index is 11.5. The topological polar surface area (TPSA) is 40.5 Å². The molecule has 0 aliphatic carbocycles. The molecule has 1 N–H and O–H groups in total. The Morgan fingerprint density at radius 1 is 1.33 bits per heavy atom. The monoisotopic (exact) mass is 245 g/mol. The van der Waals surface area contributed by atoms with Gasteiger partial charge in [-0.25, -0.2) is 0 Å². The lowest BCUT2D eigenvalue weighted by Gasteiger charge is -2.16. The number of aliphatic hydroxyl groups excluding tert-OH is 1. The van der Waals surface area contributed by atoms with Gasteiger partial charge in [-0.3, -0.25) is 4.79 Å². The average Bonchev–Trinajstić information content (AvgIpc) is 2.53. The van der Waals surface area contributed by atoms with Crippen molar-refractivity contribution in [2.24, 2.45) is 0 Å². The van der Waals surface area contributed by atoms with Gasteiger partial charge in [-0.05, 0) is 18.2 Å². The van der Waals surface area contributed by atoms with Crippen molar-refractivity contribution < 1.29 is 9.90 Å². The van der Waals surface area contributed by atoms with Gasteiger partial charge in [0, 0.05) is 18.7 Å². The average molecular weight is 246 g/mol. The van der Waals surface area contributed by atoms with Crippen LogP contribution in [0.15, 0.2) is 18.2 Å². The second kappa shape index (κ2) is 4.00. The standard InChI is InChI=1S/C10H9Cl2NO2/c11-7-2-1-6(5-8(7)12)13-4-3-9(14)10(13)15/h1-2,5,9,14H,3-4H2. The zero-order valence-corrected chi connectivity index (χ0v) is 9.29. The summed E-state index contributed by atoms with van der Waals surface area (Å²) in [6.45, 7) is 0.512. The van der Waals surface area contributed by atoms with Crippen LogP contribution in [0.3, 0.4) is 0 Å². The Bertz CT molecular complexity index is 408. The van der Waals surface area contributed by atoms with Gasteiger partial charge in [0.2, 0.25) is 0 Å². The molecule has 1 aliphatic rings. The number of halogens is 2. The van der Waals surface area contributed by atoms with Crippen molar-refractivity contribution in [2.45, 2.75) is 12.5 Å². The molecule has 0 saturated carbocycles. The molecule has 1 atom stereocenters. The molecule has 1 saturated heterocycles. The number of nitrogens with zero attached hydrogens (tertiary/aromatic N) is 1. The largest absolute Gasteiger partial charge is 0.383 e. The Morgan fingerprint density at radius 2 is 2.07 bits per heavy atom. The molecule has 1 unspecified atom stereocenters. The summed E-state index contributed by atoms with van der Waals surface area (Å²) in [5, 5.41) is 10.2. The summed E-state index contributed by atoms with van der Waals surface area (Å²) in [5.74, 6) is -0.284. The number of amides is 1. The molecule has 3 nitrogen and oxygen atoms in total. The molecule has 0 bridgehead atoms. The lowest BCUT2D eigenvalue weighted by Crippen LogP contribution is -2.28. The maximum absolute atomic E-state index is 11.5. The van der Waals surface area contributed by atoms with Crippen molar-refractivity contribution in [1.82, 2.24) is 0 Å². The Morgan fingerprint density at radius 3 is 2.60 bits per heavy atom. The number of benzene rings is 1. The van der Waals surface area contributed by atoms with E-state index in [1.54, 1.807) is 18.2 Å². The number of carbonyl (C=O) groups is 1. The lowest BCUT2D eigenvalue weighted by atomic mass is 10.3. The smallest absolute Gasteiger partial charge is 0.255 e. The van der Waals surface area contributed by atoms with Crippen LogP contribution in [0.25, 0.3) is 0 Å². The van der Waals surface area contributed by atoms with Crippen molar-refractivity contribution in [2.75, 3.05) is 11.4 Å². The summed E-state index contributed by atoms with van der Waals surface area (Å²) in [7, 11) is 0. The highest BCUT2D eigenvalue weighted by Crippen LogP contribution is 2.29. The number of carbonyl (C=O) groups excluding carboxylic acids is 1. The molecule has 0 spiro atoms. The molecular weight excluding hydrogens is 237 g/mol. The van der Waals surface area contributed by atoms with Crippen LogP contribution in [-0.4, -0.2) is 23.7 Å². The molecule has 5 heteroatoms. The first-order valence-electron chi connectivity index (χ1n) is 4.54. The number of hydrogen-bond acceptors (Lipinski definition) is 2. The highest BCUT2D eigenvalue weighted by atomic mass is 35.5. The fourth-order valence-corrected chi connectivity index (χ4v) is 1.87. The minimum absolute atomic E-state index is 0.284. The summed E-state index contributed by atoms with van der Waals surface area (Å²) in [5.41, 5.74) is 0.672. The van der Waals surface area contributed by atoms with Gasteiger partial charge >= 0.3 is 0 Å². The van der Waals surface area contributed by atoms with Gasteiger partial charge in [-0.1, -0.05) is 23.2 Å². The molecule has 1 aromatic carbocycles. The molecule has 80 valence electrons. The molecule has 1 fully saturated rings. The van der Waals surface area contributed by atoms with E-state index < -0.39 is 6.10 Å². The third-order valence-corrected chi connectivity index (χ3v) is 3.13. The predicted octanol–water partition coefficient (Wildman–Crippen LogP) is 2.09. The predicted molar refractivity (Wildman–Crippen MR) is 59.4 cm³/mol. The van der Waals surface area contributed by atoms with E-state index in [0.29, 0.717) is 28.7 Å². The van der Waals surface area contributed by atoms with Crippen molar-refractivity contribution in [3.8, 4) is 0 Å². The Labute approximate surface area is 97.2 Å². The van der Waals surface area contributed by atoms with Gasteiger partial charge in [0.05, 0.1) is 10.0 Å². The molecule has 1 aromatic rings. The van der Waals surface area contributed by atoms with Crippen LogP contribution in [-0.2, 0) is 4.79 Å².